The number of aliphatic hydroxyl groups excluding tert-OH is 2. The molecule has 39 heavy (non-hydrogen) atoms. The number of nitrogen functional groups attached to an aromatic ring is 1. The summed E-state index contributed by atoms with van der Waals surface area (Å²) in [5.74, 6) is -1.94. The van der Waals surface area contributed by atoms with E-state index in [4.69, 9.17) is 24.0 Å². The maximum Gasteiger partial charge on any atom is 0.587 e. The highest BCUT2D eigenvalue weighted by atomic mass is 31.2. The Kier molecular flexibility index (Phi) is 8.05. The van der Waals surface area contributed by atoms with Crippen LogP contribution in [0.2, 0.25) is 0 Å². The van der Waals surface area contributed by atoms with Crippen molar-refractivity contribution in [2.24, 2.45) is 0 Å². The molecule has 210 valence electrons. The number of hydrogen-bond donors (Lipinski definition) is 3. The van der Waals surface area contributed by atoms with Crippen molar-refractivity contribution in [2.45, 2.75) is 44.3 Å². The van der Waals surface area contributed by atoms with Gasteiger partial charge in [0.05, 0.1) is 12.8 Å². The van der Waals surface area contributed by atoms with Crippen LogP contribution in [0, 0.1) is 19.7 Å². The number of anilines is 1. The number of aromatic nitrogens is 2. The SMILES string of the molecule is Cc1ccc(OP(=O)(OC[C@@]2(C(F)F)O[C@@H](n3cc(F)c(N)nc3=O)[C@H](O)[C@@H]2O)Oc2ccc(C)cc2)cc1. The Labute approximate surface area is 220 Å². The van der Waals surface area contributed by atoms with Gasteiger partial charge in [0.2, 0.25) is 0 Å². The first kappa shape index (κ1) is 28.6. The summed E-state index contributed by atoms with van der Waals surface area (Å²) in [7, 11) is -4.75. The third-order valence-electron chi connectivity index (χ3n) is 5.96. The normalized spacial score (nSPS) is 23.2. The number of alkyl halides is 2. The van der Waals surface area contributed by atoms with Crippen LogP contribution in [0.4, 0.5) is 19.0 Å². The largest absolute Gasteiger partial charge is 0.587 e. The van der Waals surface area contributed by atoms with Gasteiger partial charge in [0.25, 0.3) is 6.43 Å². The van der Waals surface area contributed by atoms with Gasteiger partial charge in [-0.25, -0.2) is 22.5 Å². The van der Waals surface area contributed by atoms with Crippen LogP contribution in [-0.4, -0.2) is 50.6 Å². The second-order valence-electron chi connectivity index (χ2n) is 8.89. The standard InChI is InChI=1S/C24H25F3N3O8P/c1-13-3-7-15(8-4-13)37-39(34,38-16-9-5-14(2)6-10-16)35-12-24(22(26)27)19(32)18(31)21(36-24)30-11-17(25)20(28)29-23(30)33/h3-11,18-19,21-22,31-32H,12H2,1-2H3,(H2,28,29,33)/t18-,19+,21-,24-/m1/s1. The minimum Gasteiger partial charge on any atom is -0.395 e. The number of rotatable bonds is 9. The molecule has 0 aliphatic carbocycles. The molecule has 4 atom stereocenters. The summed E-state index contributed by atoms with van der Waals surface area (Å²) < 4.78 is 78.2. The zero-order chi connectivity index (χ0) is 28.5. The molecule has 15 heteroatoms. The van der Waals surface area contributed by atoms with E-state index >= 15 is 0 Å². The number of benzene rings is 2. The van der Waals surface area contributed by atoms with Crippen molar-refractivity contribution in [2.75, 3.05) is 12.3 Å². The molecule has 0 radical (unpaired) electrons. The van der Waals surface area contributed by atoms with Gasteiger partial charge in [-0.3, -0.25) is 9.09 Å². The second-order valence-corrected chi connectivity index (χ2v) is 10.4. The summed E-state index contributed by atoms with van der Waals surface area (Å²) in [5, 5.41) is 21.1. The van der Waals surface area contributed by atoms with E-state index in [2.05, 4.69) is 4.98 Å². The van der Waals surface area contributed by atoms with E-state index in [-0.39, 0.29) is 11.5 Å². The molecular formula is C24H25F3N3O8P. The minimum absolute atomic E-state index is 0.0166. The lowest BCUT2D eigenvalue weighted by Gasteiger charge is -2.31. The van der Waals surface area contributed by atoms with Gasteiger partial charge in [-0.15, -0.1) is 0 Å². The minimum atomic E-state index is -4.75. The van der Waals surface area contributed by atoms with Crippen molar-refractivity contribution < 1.29 is 46.3 Å². The van der Waals surface area contributed by atoms with Crippen molar-refractivity contribution in [1.82, 2.24) is 9.55 Å². The van der Waals surface area contributed by atoms with Crippen molar-refractivity contribution in [3.63, 3.8) is 0 Å². The molecular weight excluding hydrogens is 546 g/mol. The average molecular weight is 571 g/mol. The van der Waals surface area contributed by atoms with Gasteiger partial charge >= 0.3 is 13.5 Å². The molecule has 4 rings (SSSR count). The Bertz CT molecular complexity index is 1370. The molecule has 0 saturated carbocycles. The molecule has 0 spiro atoms. The van der Waals surface area contributed by atoms with Gasteiger partial charge in [-0.1, -0.05) is 35.4 Å². The van der Waals surface area contributed by atoms with E-state index in [0.717, 1.165) is 11.1 Å². The van der Waals surface area contributed by atoms with E-state index in [1.165, 1.54) is 24.3 Å². The lowest BCUT2D eigenvalue weighted by atomic mass is 9.96. The Morgan fingerprint density at radius 1 is 1.08 bits per heavy atom. The summed E-state index contributed by atoms with van der Waals surface area (Å²) in [5.41, 5.74) is 2.64. The fourth-order valence-corrected chi connectivity index (χ4v) is 5.00. The van der Waals surface area contributed by atoms with Crippen LogP contribution >= 0.6 is 7.82 Å². The Balaban J connectivity index is 1.65. The van der Waals surface area contributed by atoms with Gasteiger partial charge in [0.1, 0.15) is 23.7 Å². The number of hydrogen-bond acceptors (Lipinski definition) is 10. The fourth-order valence-electron chi connectivity index (χ4n) is 3.74. The lowest BCUT2D eigenvalue weighted by molar-refractivity contribution is -0.193. The third kappa shape index (κ3) is 5.94. The predicted molar refractivity (Wildman–Crippen MR) is 131 cm³/mol. The van der Waals surface area contributed by atoms with Crippen LogP contribution in [0.3, 0.4) is 0 Å². The summed E-state index contributed by atoms with van der Waals surface area (Å²) >= 11 is 0. The van der Waals surface area contributed by atoms with E-state index in [9.17, 15) is 32.7 Å². The van der Waals surface area contributed by atoms with Crippen LogP contribution in [0.25, 0.3) is 0 Å². The number of aryl methyl sites for hydroxylation is 2. The second kappa shape index (κ2) is 11.0. The first-order valence-electron chi connectivity index (χ1n) is 11.5. The molecule has 2 aromatic carbocycles. The van der Waals surface area contributed by atoms with Gasteiger partial charge in [-0.2, -0.15) is 4.98 Å². The quantitative estimate of drug-likeness (QED) is 0.326. The first-order valence-corrected chi connectivity index (χ1v) is 12.9. The third-order valence-corrected chi connectivity index (χ3v) is 7.27. The van der Waals surface area contributed by atoms with E-state index in [0.29, 0.717) is 10.8 Å². The van der Waals surface area contributed by atoms with Crippen LogP contribution < -0.4 is 20.5 Å². The number of aliphatic hydroxyl groups is 2. The Morgan fingerprint density at radius 2 is 1.59 bits per heavy atom. The number of phosphoric acid groups is 1. The van der Waals surface area contributed by atoms with Gasteiger partial charge in [0, 0.05) is 0 Å². The number of nitrogens with zero attached hydrogens (tertiary/aromatic N) is 2. The summed E-state index contributed by atoms with van der Waals surface area (Å²) in [4.78, 5) is 15.4. The van der Waals surface area contributed by atoms with Crippen LogP contribution in [-0.2, 0) is 13.8 Å². The Hall–Kier alpha value is -3.42. The van der Waals surface area contributed by atoms with Crippen molar-refractivity contribution in [3.8, 4) is 11.5 Å². The summed E-state index contributed by atoms with van der Waals surface area (Å²) in [6, 6.07) is 12.3. The maximum atomic E-state index is 14.4. The zero-order valence-electron chi connectivity index (χ0n) is 20.6. The highest BCUT2D eigenvalue weighted by Crippen LogP contribution is 2.52. The topological polar surface area (TPSA) is 155 Å². The molecule has 1 fully saturated rings. The van der Waals surface area contributed by atoms with E-state index in [1.54, 1.807) is 38.1 Å². The number of halogens is 3. The highest BCUT2D eigenvalue weighted by molar-refractivity contribution is 7.49. The molecule has 0 amide bonds. The van der Waals surface area contributed by atoms with Crippen LogP contribution in [0.5, 0.6) is 11.5 Å². The lowest BCUT2D eigenvalue weighted by Crippen LogP contribution is -2.52. The van der Waals surface area contributed by atoms with Gasteiger partial charge in [-0.05, 0) is 38.1 Å². The predicted octanol–water partition coefficient (Wildman–Crippen LogP) is 3.12. The maximum absolute atomic E-state index is 14.4. The average Bonchev–Trinajstić information content (AvgIpc) is 3.14. The molecule has 1 saturated heterocycles. The van der Waals surface area contributed by atoms with E-state index < -0.39 is 62.2 Å². The van der Waals surface area contributed by atoms with Gasteiger partial charge in [0.15, 0.2) is 23.5 Å². The first-order chi connectivity index (χ1) is 18.3. The van der Waals surface area contributed by atoms with Gasteiger partial charge < -0.3 is 29.7 Å². The number of phosphoric ester groups is 1. The van der Waals surface area contributed by atoms with Crippen LogP contribution in [0.15, 0.2) is 59.5 Å². The number of nitrogens with two attached hydrogens (primary N) is 1. The molecule has 0 bridgehead atoms. The van der Waals surface area contributed by atoms with Crippen molar-refractivity contribution in [3.05, 3.63) is 82.2 Å². The smallest absolute Gasteiger partial charge is 0.395 e. The molecule has 1 aliphatic heterocycles. The van der Waals surface area contributed by atoms with Crippen molar-refractivity contribution in [1.29, 1.82) is 0 Å². The zero-order valence-corrected chi connectivity index (χ0v) is 21.5. The van der Waals surface area contributed by atoms with Crippen molar-refractivity contribution >= 4 is 13.6 Å². The molecule has 4 N–H and O–H groups in total. The molecule has 2 heterocycles. The monoisotopic (exact) mass is 571 g/mol. The highest BCUT2D eigenvalue weighted by Gasteiger charge is 2.62. The molecule has 11 nitrogen and oxygen atoms in total. The summed E-state index contributed by atoms with van der Waals surface area (Å²) in [6.45, 7) is 2.25. The molecule has 1 aliphatic rings. The fraction of sp³-hybridized carbons (Fsp3) is 0.333. The van der Waals surface area contributed by atoms with E-state index in [1.807, 2.05) is 0 Å². The number of ether oxygens (including phenoxy) is 1. The molecule has 1 aromatic heterocycles. The molecule has 3 aromatic rings. The molecule has 0 unspecified atom stereocenters. The Morgan fingerprint density at radius 3 is 2.08 bits per heavy atom. The summed E-state index contributed by atoms with van der Waals surface area (Å²) in [6.07, 6.45) is -9.69. The van der Waals surface area contributed by atoms with Crippen LogP contribution in [0.1, 0.15) is 17.4 Å².